The van der Waals surface area contributed by atoms with Crippen LogP contribution in [0.25, 0.3) is 22.2 Å². The lowest BCUT2D eigenvalue weighted by Gasteiger charge is -2.47. The number of methoxy groups -OCH3 is 1. The van der Waals surface area contributed by atoms with Crippen molar-refractivity contribution in [3.05, 3.63) is 42.9 Å². The fourth-order valence-electron chi connectivity index (χ4n) is 5.60. The summed E-state index contributed by atoms with van der Waals surface area (Å²) in [7, 11) is 3.55. The minimum Gasteiger partial charge on any atom is -0.493 e. The number of aliphatic hydroxyl groups is 1. The van der Waals surface area contributed by atoms with Crippen LogP contribution in [-0.4, -0.2) is 86.9 Å². The van der Waals surface area contributed by atoms with Crippen molar-refractivity contribution in [3.63, 3.8) is 0 Å². The summed E-state index contributed by atoms with van der Waals surface area (Å²) >= 11 is 0. The van der Waals surface area contributed by atoms with E-state index in [1.54, 1.807) is 12.0 Å². The molecule has 3 aromatic rings. The van der Waals surface area contributed by atoms with Crippen molar-refractivity contribution in [1.82, 2.24) is 24.3 Å². The topological polar surface area (TPSA) is 119 Å². The average Bonchev–Trinajstić information content (AvgIpc) is 3.20. The van der Waals surface area contributed by atoms with E-state index in [1.807, 2.05) is 43.7 Å². The van der Waals surface area contributed by atoms with Gasteiger partial charge in [-0.15, -0.1) is 0 Å². The Balaban J connectivity index is 1.41. The first-order valence-corrected chi connectivity index (χ1v) is 13.5. The highest BCUT2D eigenvalue weighted by Crippen LogP contribution is 2.40. The molecular weight excluding hydrogens is 508 g/mol. The van der Waals surface area contributed by atoms with Crippen LogP contribution in [0.5, 0.6) is 11.5 Å². The van der Waals surface area contributed by atoms with E-state index in [1.165, 1.54) is 12.4 Å². The van der Waals surface area contributed by atoms with Gasteiger partial charge in [0.25, 0.3) is 0 Å². The molecular formula is C30H36N6O4. The van der Waals surface area contributed by atoms with Crippen molar-refractivity contribution >= 4 is 22.8 Å². The number of aromatic nitrogens is 3. The molecule has 40 heavy (non-hydrogen) atoms. The lowest BCUT2D eigenvalue weighted by Crippen LogP contribution is -2.61. The number of nitrogens with zero attached hydrogens (tertiary/aromatic N) is 5. The Bertz CT molecular complexity index is 1500. The van der Waals surface area contributed by atoms with E-state index in [2.05, 4.69) is 33.3 Å². The Hall–Kier alpha value is -4.07. The molecule has 0 saturated carbocycles. The molecule has 210 valence electrons. The number of hydrogen-bond donors (Lipinski definition) is 2. The van der Waals surface area contributed by atoms with Crippen LogP contribution in [0.15, 0.2) is 37.2 Å². The minimum atomic E-state index is -0.587. The molecule has 2 aliphatic heterocycles. The van der Waals surface area contributed by atoms with Crippen molar-refractivity contribution in [3.8, 4) is 34.5 Å². The minimum absolute atomic E-state index is 0.00751. The first-order valence-electron chi connectivity index (χ1n) is 13.5. The van der Waals surface area contributed by atoms with Crippen molar-refractivity contribution in [1.29, 1.82) is 0 Å². The quantitative estimate of drug-likeness (QED) is 0.359. The predicted octanol–water partition coefficient (Wildman–Crippen LogP) is 2.44. The molecule has 10 heteroatoms. The summed E-state index contributed by atoms with van der Waals surface area (Å²) in [6, 6.07) is 5.82. The zero-order valence-corrected chi connectivity index (χ0v) is 23.4. The molecule has 0 unspecified atom stereocenters. The summed E-state index contributed by atoms with van der Waals surface area (Å²) in [6.45, 7) is 9.96. The van der Waals surface area contributed by atoms with Crippen LogP contribution in [-0.2, 0) is 11.8 Å². The van der Waals surface area contributed by atoms with Gasteiger partial charge in [0.05, 0.1) is 24.7 Å². The van der Waals surface area contributed by atoms with Gasteiger partial charge in [0.2, 0.25) is 5.91 Å². The Morgan fingerprint density at radius 1 is 1.25 bits per heavy atom. The number of rotatable bonds is 6. The Morgan fingerprint density at radius 3 is 2.70 bits per heavy atom. The second-order valence-electron chi connectivity index (χ2n) is 10.6. The van der Waals surface area contributed by atoms with Gasteiger partial charge in [-0.05, 0) is 50.0 Å². The van der Waals surface area contributed by atoms with E-state index < -0.39 is 6.10 Å². The van der Waals surface area contributed by atoms with Gasteiger partial charge < -0.3 is 29.8 Å². The monoisotopic (exact) mass is 544 g/mol. The summed E-state index contributed by atoms with van der Waals surface area (Å²) < 4.78 is 13.5. The smallest absolute Gasteiger partial charge is 0.246 e. The zero-order chi connectivity index (χ0) is 28.6. The molecule has 1 aromatic carbocycles. The maximum atomic E-state index is 11.9. The van der Waals surface area contributed by atoms with Crippen molar-refractivity contribution in [2.75, 3.05) is 39.0 Å². The Morgan fingerprint density at radius 2 is 2.02 bits per heavy atom. The average molecular weight is 545 g/mol. The first kappa shape index (κ1) is 27.5. The molecule has 10 nitrogen and oxygen atoms in total. The van der Waals surface area contributed by atoms with E-state index in [9.17, 15) is 9.90 Å². The standard InChI is InChI=1S/C30H36N6O4/c1-6-26(38)35-12-11-21(23(37)16-35)36-14-19(15-36)7-9-22-27(28-29(31)32-17-33-30(28)34(22)4)20-8-10-24(40-18(2)3)25(13-20)39-5/h6,8,10,13,17-19,21,23,37H,1,11-12,14-16H2,2-5H3,(H2,31,32,33)/t21-,23+/m1/s1. The summed E-state index contributed by atoms with van der Waals surface area (Å²) in [5, 5.41) is 11.4. The highest BCUT2D eigenvalue weighted by Gasteiger charge is 2.38. The fraction of sp³-hybridized carbons (Fsp3) is 0.433. The molecule has 0 bridgehead atoms. The molecule has 2 fully saturated rings. The van der Waals surface area contributed by atoms with E-state index >= 15 is 0 Å². The third-order valence-electron chi connectivity index (χ3n) is 7.62. The van der Waals surface area contributed by atoms with Crippen LogP contribution in [0.3, 0.4) is 0 Å². The molecule has 0 aliphatic carbocycles. The van der Waals surface area contributed by atoms with Gasteiger partial charge in [-0.25, -0.2) is 9.97 Å². The van der Waals surface area contributed by atoms with Gasteiger partial charge >= 0.3 is 0 Å². The molecule has 2 atom stereocenters. The van der Waals surface area contributed by atoms with Gasteiger partial charge in [0, 0.05) is 50.7 Å². The predicted molar refractivity (Wildman–Crippen MR) is 154 cm³/mol. The highest BCUT2D eigenvalue weighted by atomic mass is 16.5. The number of amides is 1. The zero-order valence-electron chi connectivity index (χ0n) is 23.4. The molecule has 0 radical (unpaired) electrons. The second-order valence-corrected chi connectivity index (χ2v) is 10.6. The van der Waals surface area contributed by atoms with Crippen LogP contribution in [0.4, 0.5) is 5.82 Å². The number of carbonyl (C=O) groups is 1. The Kier molecular flexibility index (Phi) is 7.70. The number of nitrogen functional groups attached to an aromatic ring is 1. The summed E-state index contributed by atoms with van der Waals surface area (Å²) in [5.74, 6) is 8.53. The number of piperidine rings is 1. The van der Waals surface area contributed by atoms with Gasteiger partial charge in [-0.2, -0.15) is 0 Å². The maximum absolute atomic E-state index is 11.9. The largest absolute Gasteiger partial charge is 0.493 e. The molecule has 3 N–H and O–H groups in total. The van der Waals surface area contributed by atoms with Gasteiger partial charge in [0.15, 0.2) is 11.5 Å². The van der Waals surface area contributed by atoms with Crippen LogP contribution >= 0.6 is 0 Å². The number of ether oxygens (including phenoxy) is 2. The summed E-state index contributed by atoms with van der Waals surface area (Å²) in [4.78, 5) is 24.6. The summed E-state index contributed by atoms with van der Waals surface area (Å²) in [5.41, 5.74) is 9.58. The fourth-order valence-corrected chi connectivity index (χ4v) is 5.60. The lowest BCUT2D eigenvalue weighted by molar-refractivity contribution is -0.132. The SMILES string of the molecule is C=CC(=O)N1CC[C@@H](N2CC(C#Cc3c(-c4ccc(OC(C)C)c(OC)c4)c4c(N)ncnc4n3C)C2)[C@@H](O)C1. The normalized spacial score (nSPS) is 19.7. The highest BCUT2D eigenvalue weighted by molar-refractivity contribution is 6.03. The van der Waals surface area contributed by atoms with Gasteiger partial charge in [-0.3, -0.25) is 9.69 Å². The number of benzene rings is 1. The van der Waals surface area contributed by atoms with Crippen molar-refractivity contribution in [2.45, 2.75) is 38.5 Å². The van der Waals surface area contributed by atoms with Crippen molar-refractivity contribution < 1.29 is 19.4 Å². The summed E-state index contributed by atoms with van der Waals surface area (Å²) in [6.07, 6.45) is 2.91. The maximum Gasteiger partial charge on any atom is 0.246 e. The number of anilines is 1. The first-order chi connectivity index (χ1) is 19.2. The molecule has 1 amide bonds. The van der Waals surface area contributed by atoms with E-state index in [0.29, 0.717) is 36.1 Å². The molecule has 5 rings (SSSR count). The van der Waals surface area contributed by atoms with E-state index in [0.717, 1.165) is 41.7 Å². The Labute approximate surface area is 234 Å². The number of hydrogen-bond acceptors (Lipinski definition) is 8. The van der Waals surface area contributed by atoms with Crippen molar-refractivity contribution in [2.24, 2.45) is 13.0 Å². The third-order valence-corrected chi connectivity index (χ3v) is 7.62. The van der Waals surface area contributed by atoms with Crippen LogP contribution < -0.4 is 15.2 Å². The second kappa shape index (κ2) is 11.2. The number of aliphatic hydroxyl groups excluding tert-OH is 1. The number of carbonyl (C=O) groups excluding carboxylic acids is 1. The molecule has 0 spiro atoms. The number of fused-ring (bicyclic) bond motifs is 1. The molecule has 4 heterocycles. The van der Waals surface area contributed by atoms with Gasteiger partial charge in [-0.1, -0.05) is 18.6 Å². The molecule has 2 saturated heterocycles. The van der Waals surface area contributed by atoms with Gasteiger partial charge in [0.1, 0.15) is 23.5 Å². The number of nitrogens with two attached hydrogens (primary N) is 1. The van der Waals surface area contributed by atoms with Crippen LogP contribution in [0.2, 0.25) is 0 Å². The number of likely N-dealkylation sites (tertiary alicyclic amines) is 2. The number of aryl methyl sites for hydroxylation is 1. The van der Waals surface area contributed by atoms with E-state index in [4.69, 9.17) is 15.2 Å². The third kappa shape index (κ3) is 5.10. The van der Waals surface area contributed by atoms with E-state index in [-0.39, 0.29) is 24.0 Å². The molecule has 2 aliphatic rings. The number of β-amino-alcohol motifs (C(OH)–C–C–N with tert-alkyl or cyclic N) is 1. The lowest BCUT2D eigenvalue weighted by atomic mass is 9.91. The molecule has 2 aromatic heterocycles. The van der Waals surface area contributed by atoms with Crippen LogP contribution in [0, 0.1) is 17.8 Å². The van der Waals surface area contributed by atoms with Crippen LogP contribution in [0.1, 0.15) is 26.0 Å².